The Hall–Kier alpha value is -3.53. The van der Waals surface area contributed by atoms with Gasteiger partial charge in [-0.25, -0.2) is 8.78 Å². The number of benzene rings is 3. The zero-order valence-corrected chi connectivity index (χ0v) is 24.0. The number of rotatable bonds is 5. The molecule has 7 nitrogen and oxygen atoms in total. The summed E-state index contributed by atoms with van der Waals surface area (Å²) < 4.78 is 31.7. The van der Waals surface area contributed by atoms with Gasteiger partial charge in [0, 0.05) is 39.5 Å². The van der Waals surface area contributed by atoms with Crippen molar-refractivity contribution in [3.63, 3.8) is 0 Å². The number of anilines is 2. The van der Waals surface area contributed by atoms with Crippen molar-refractivity contribution in [1.29, 1.82) is 0 Å². The topological polar surface area (TPSA) is 113 Å². The lowest BCUT2D eigenvalue weighted by molar-refractivity contribution is -0.122. The van der Waals surface area contributed by atoms with E-state index in [2.05, 4.69) is 16.0 Å². The van der Waals surface area contributed by atoms with Crippen molar-refractivity contribution in [2.45, 2.75) is 50.6 Å². The SMILES string of the molecule is CC(C)(C)C[C@H]1N[C@H](C(=O)Nc2ccc(C(N)=O)cc2)[C@H](c2cccc(Cl)c2F)C12C(=O)Nc1cc(Cl)cc(F)c12. The summed E-state index contributed by atoms with van der Waals surface area (Å²) >= 11 is 12.3. The maximum Gasteiger partial charge on any atom is 0.248 e. The number of halogens is 4. The summed E-state index contributed by atoms with van der Waals surface area (Å²) in [6.07, 6.45) is 0.331. The average Bonchev–Trinajstić information content (AvgIpc) is 3.35. The molecule has 1 saturated heterocycles. The Morgan fingerprint density at radius 1 is 1.07 bits per heavy atom. The molecule has 3 amide bonds. The van der Waals surface area contributed by atoms with Crippen LogP contribution in [0.1, 0.15) is 54.6 Å². The van der Waals surface area contributed by atoms with Gasteiger partial charge in [0.15, 0.2) is 0 Å². The van der Waals surface area contributed by atoms with Gasteiger partial charge in [-0.3, -0.25) is 14.4 Å². The summed E-state index contributed by atoms with van der Waals surface area (Å²) in [4.78, 5) is 39.6. The highest BCUT2D eigenvalue weighted by molar-refractivity contribution is 6.31. The number of nitrogens with one attached hydrogen (secondary N) is 3. The molecule has 0 aliphatic carbocycles. The number of hydrogen-bond donors (Lipinski definition) is 4. The quantitative estimate of drug-likeness (QED) is 0.298. The van der Waals surface area contributed by atoms with E-state index in [0.717, 1.165) is 6.07 Å². The van der Waals surface area contributed by atoms with Crippen molar-refractivity contribution in [1.82, 2.24) is 5.32 Å². The summed E-state index contributed by atoms with van der Waals surface area (Å²) in [5.41, 5.74) is 3.96. The number of hydrogen-bond acceptors (Lipinski definition) is 4. The van der Waals surface area contributed by atoms with Crippen LogP contribution in [-0.4, -0.2) is 29.8 Å². The first-order chi connectivity index (χ1) is 19.2. The molecular weight excluding hydrogens is 573 g/mol. The van der Waals surface area contributed by atoms with Gasteiger partial charge < -0.3 is 21.7 Å². The number of nitrogens with two attached hydrogens (primary N) is 1. The molecule has 2 aliphatic heterocycles. The first-order valence-electron chi connectivity index (χ1n) is 13.0. The summed E-state index contributed by atoms with van der Waals surface area (Å²) in [5, 5.41) is 8.69. The fourth-order valence-electron chi connectivity index (χ4n) is 6.17. The molecule has 3 aromatic carbocycles. The molecule has 0 saturated carbocycles. The monoisotopic (exact) mass is 600 g/mol. The van der Waals surface area contributed by atoms with Crippen molar-refractivity contribution in [3.8, 4) is 0 Å². The van der Waals surface area contributed by atoms with E-state index in [-0.39, 0.29) is 37.8 Å². The van der Waals surface area contributed by atoms with Gasteiger partial charge in [0.1, 0.15) is 17.0 Å². The number of carbonyl (C=O) groups excluding carboxylic acids is 3. The van der Waals surface area contributed by atoms with E-state index in [9.17, 15) is 14.4 Å². The largest absolute Gasteiger partial charge is 0.366 e. The predicted octanol–water partition coefficient (Wildman–Crippen LogP) is 5.76. The van der Waals surface area contributed by atoms with Crippen LogP contribution in [0, 0.1) is 17.0 Å². The standard InChI is InChI=1S/C30H28Cl2F2N4O3/c1-29(2,3)13-21-30(23-19(33)11-15(31)12-20(23)37-28(30)41)22(17-5-4-6-18(32)24(17)34)25(38-21)27(40)36-16-9-7-14(8-10-16)26(35)39/h4-12,21-22,25,38H,13H2,1-3H3,(H2,35,39)(H,36,40)(H,37,41)/t21-,22+,25+,30?/m1/s1. The molecule has 1 spiro atoms. The van der Waals surface area contributed by atoms with Crippen LogP contribution in [0.5, 0.6) is 0 Å². The molecule has 3 aromatic rings. The minimum atomic E-state index is -1.74. The third-order valence-corrected chi connectivity index (χ3v) is 8.21. The zero-order valence-electron chi connectivity index (χ0n) is 22.4. The van der Waals surface area contributed by atoms with Crippen molar-refractivity contribution in [2.75, 3.05) is 10.6 Å². The lowest BCUT2D eigenvalue weighted by Crippen LogP contribution is -2.50. The Morgan fingerprint density at radius 2 is 1.76 bits per heavy atom. The van der Waals surface area contributed by atoms with E-state index in [1.165, 1.54) is 48.5 Å². The van der Waals surface area contributed by atoms with Crippen molar-refractivity contribution in [3.05, 3.63) is 93.0 Å². The molecule has 2 heterocycles. The van der Waals surface area contributed by atoms with E-state index in [1.807, 2.05) is 20.8 Å². The smallest absolute Gasteiger partial charge is 0.248 e. The fourth-order valence-corrected chi connectivity index (χ4v) is 6.55. The molecule has 11 heteroatoms. The second kappa shape index (κ2) is 10.4. The molecule has 1 fully saturated rings. The lowest BCUT2D eigenvalue weighted by Gasteiger charge is -2.37. The van der Waals surface area contributed by atoms with Crippen molar-refractivity contribution >= 4 is 52.3 Å². The van der Waals surface area contributed by atoms with Gasteiger partial charge in [-0.1, -0.05) is 56.1 Å². The molecular formula is C30H28Cl2F2N4O3. The average molecular weight is 601 g/mol. The Labute approximate surface area is 245 Å². The maximum atomic E-state index is 15.9. The molecule has 5 rings (SSSR count). The number of amides is 3. The second-order valence-electron chi connectivity index (χ2n) is 11.6. The molecule has 0 bridgehead atoms. The first-order valence-corrected chi connectivity index (χ1v) is 13.7. The fraction of sp³-hybridized carbons (Fsp3) is 0.300. The third kappa shape index (κ3) is 4.96. The summed E-state index contributed by atoms with van der Waals surface area (Å²) in [6, 6.07) is 10.8. The Bertz CT molecular complexity index is 1580. The highest BCUT2D eigenvalue weighted by atomic mass is 35.5. The molecule has 0 aromatic heterocycles. The Morgan fingerprint density at radius 3 is 2.39 bits per heavy atom. The summed E-state index contributed by atoms with van der Waals surface area (Å²) in [6.45, 7) is 5.87. The van der Waals surface area contributed by atoms with Crippen LogP contribution in [0.2, 0.25) is 10.0 Å². The minimum absolute atomic E-state index is 0.0111. The van der Waals surface area contributed by atoms with Crippen LogP contribution in [-0.2, 0) is 15.0 Å². The van der Waals surface area contributed by atoms with Gasteiger partial charge in [-0.2, -0.15) is 0 Å². The molecule has 41 heavy (non-hydrogen) atoms. The molecule has 0 radical (unpaired) electrons. The van der Waals surface area contributed by atoms with Crippen LogP contribution < -0.4 is 21.7 Å². The van der Waals surface area contributed by atoms with Crippen molar-refractivity contribution < 1.29 is 23.2 Å². The zero-order chi connectivity index (χ0) is 29.9. The second-order valence-corrected chi connectivity index (χ2v) is 12.5. The van der Waals surface area contributed by atoms with Crippen LogP contribution in [0.3, 0.4) is 0 Å². The van der Waals surface area contributed by atoms with Gasteiger partial charge in [0.2, 0.25) is 17.7 Å². The van der Waals surface area contributed by atoms with Gasteiger partial charge in [0.25, 0.3) is 0 Å². The van der Waals surface area contributed by atoms with E-state index >= 15 is 8.78 Å². The van der Waals surface area contributed by atoms with Gasteiger partial charge in [-0.05, 0) is 59.9 Å². The number of carbonyl (C=O) groups is 3. The molecule has 1 unspecified atom stereocenters. The van der Waals surface area contributed by atoms with Crippen LogP contribution in [0.4, 0.5) is 20.2 Å². The molecule has 214 valence electrons. The van der Waals surface area contributed by atoms with E-state index in [0.29, 0.717) is 12.1 Å². The first kappa shape index (κ1) is 29.0. The van der Waals surface area contributed by atoms with E-state index in [4.69, 9.17) is 28.9 Å². The predicted molar refractivity (Wildman–Crippen MR) is 154 cm³/mol. The number of fused-ring (bicyclic) bond motifs is 2. The molecule has 2 aliphatic rings. The summed E-state index contributed by atoms with van der Waals surface area (Å²) in [5.74, 6) is -4.57. The Balaban J connectivity index is 1.72. The molecule has 5 N–H and O–H groups in total. The van der Waals surface area contributed by atoms with Gasteiger partial charge >= 0.3 is 0 Å². The van der Waals surface area contributed by atoms with Crippen LogP contribution in [0.25, 0.3) is 0 Å². The number of primary amides is 1. The van der Waals surface area contributed by atoms with Crippen LogP contribution in [0.15, 0.2) is 54.6 Å². The Kier molecular flexibility index (Phi) is 7.34. The highest BCUT2D eigenvalue weighted by Crippen LogP contribution is 2.58. The molecule has 4 atom stereocenters. The van der Waals surface area contributed by atoms with Crippen molar-refractivity contribution in [2.24, 2.45) is 11.1 Å². The van der Waals surface area contributed by atoms with E-state index in [1.54, 1.807) is 0 Å². The lowest BCUT2D eigenvalue weighted by atomic mass is 9.62. The van der Waals surface area contributed by atoms with Crippen LogP contribution >= 0.6 is 23.2 Å². The minimum Gasteiger partial charge on any atom is -0.366 e. The third-order valence-electron chi connectivity index (χ3n) is 7.70. The van der Waals surface area contributed by atoms with Gasteiger partial charge in [-0.15, -0.1) is 0 Å². The maximum absolute atomic E-state index is 15.9. The normalized spacial score (nSPS) is 23.4. The van der Waals surface area contributed by atoms with E-state index < -0.39 is 52.8 Å². The highest BCUT2D eigenvalue weighted by Gasteiger charge is 2.67. The summed E-state index contributed by atoms with van der Waals surface area (Å²) in [7, 11) is 0. The van der Waals surface area contributed by atoms with Gasteiger partial charge in [0.05, 0.1) is 11.1 Å².